The molecule has 0 aliphatic rings. The van der Waals surface area contributed by atoms with Crippen LogP contribution < -0.4 is 5.43 Å². The zero-order valence-corrected chi connectivity index (χ0v) is 18.9. The molecule has 3 aromatic rings. The smallest absolute Gasteiger partial charge is 0.250 e. The van der Waals surface area contributed by atoms with Gasteiger partial charge in [-0.2, -0.15) is 5.10 Å². The highest BCUT2D eigenvalue weighted by atomic mass is 32.2. The van der Waals surface area contributed by atoms with Gasteiger partial charge in [0, 0.05) is 25.4 Å². The molecule has 0 radical (unpaired) electrons. The van der Waals surface area contributed by atoms with E-state index < -0.39 is 0 Å². The predicted octanol–water partition coefficient (Wildman–Crippen LogP) is 3.84. The van der Waals surface area contributed by atoms with Crippen molar-refractivity contribution in [2.75, 3.05) is 5.75 Å². The van der Waals surface area contributed by atoms with E-state index in [-0.39, 0.29) is 17.1 Å². The van der Waals surface area contributed by atoms with Gasteiger partial charge in [-0.1, -0.05) is 56.8 Å². The fourth-order valence-corrected chi connectivity index (χ4v) is 3.75. The van der Waals surface area contributed by atoms with E-state index in [4.69, 9.17) is 0 Å². The summed E-state index contributed by atoms with van der Waals surface area (Å²) in [7, 11) is 1.92. The number of hydrogen-bond acceptors (Lipinski definition) is 5. The van der Waals surface area contributed by atoms with Crippen LogP contribution in [0.1, 0.15) is 39.0 Å². The van der Waals surface area contributed by atoms with E-state index in [1.807, 2.05) is 41.4 Å². The van der Waals surface area contributed by atoms with Gasteiger partial charge < -0.3 is 9.13 Å². The van der Waals surface area contributed by atoms with Crippen molar-refractivity contribution in [2.24, 2.45) is 12.1 Å². The van der Waals surface area contributed by atoms with E-state index in [0.717, 1.165) is 23.6 Å². The predicted molar refractivity (Wildman–Crippen MR) is 122 cm³/mol. The number of amides is 1. The summed E-state index contributed by atoms with van der Waals surface area (Å²) in [5, 5.41) is 13.4. The van der Waals surface area contributed by atoms with Gasteiger partial charge in [0.1, 0.15) is 0 Å². The van der Waals surface area contributed by atoms with Crippen LogP contribution in [0, 0.1) is 0 Å². The Morgan fingerprint density at radius 2 is 1.93 bits per heavy atom. The highest BCUT2D eigenvalue weighted by molar-refractivity contribution is 7.99. The number of hydrogen-bond donors (Lipinski definition) is 1. The van der Waals surface area contributed by atoms with E-state index in [2.05, 4.69) is 65.8 Å². The van der Waals surface area contributed by atoms with Crippen LogP contribution in [0.5, 0.6) is 0 Å². The second-order valence-electron chi connectivity index (χ2n) is 8.00. The molecule has 2 heterocycles. The number of hydrazone groups is 1. The number of aromatic nitrogens is 4. The van der Waals surface area contributed by atoms with Gasteiger partial charge in [-0.3, -0.25) is 4.79 Å². The molecule has 7 nitrogen and oxygen atoms in total. The lowest BCUT2D eigenvalue weighted by Gasteiger charge is -2.19. The third kappa shape index (κ3) is 5.18. The molecule has 0 unspecified atom stereocenters. The Morgan fingerprint density at radius 3 is 2.53 bits per heavy atom. The van der Waals surface area contributed by atoms with Gasteiger partial charge in [0.25, 0.3) is 5.91 Å². The molecule has 0 saturated carbocycles. The summed E-state index contributed by atoms with van der Waals surface area (Å²) in [5.41, 5.74) is 5.86. The van der Waals surface area contributed by atoms with E-state index in [1.165, 1.54) is 17.3 Å². The van der Waals surface area contributed by atoms with Gasteiger partial charge in [-0.05, 0) is 30.0 Å². The average molecular weight is 425 g/mol. The molecule has 0 atom stereocenters. The molecule has 0 bridgehead atoms. The van der Waals surface area contributed by atoms with Crippen LogP contribution in [0.4, 0.5) is 0 Å². The average Bonchev–Trinajstić information content (AvgIpc) is 3.31. The topological polar surface area (TPSA) is 77.1 Å². The Balaban J connectivity index is 1.63. The number of rotatable bonds is 7. The molecule has 30 heavy (non-hydrogen) atoms. The molecule has 0 aliphatic heterocycles. The molecule has 0 saturated heterocycles. The SMILES string of the molecule is CCn1c(SCC(=O)N/N=C/c2cccn2C)nnc1-c1ccc(C(C)(C)C)cc1. The Kier molecular flexibility index (Phi) is 6.77. The highest BCUT2D eigenvalue weighted by Crippen LogP contribution is 2.27. The Hall–Kier alpha value is -2.87. The number of nitrogens with one attached hydrogen (secondary N) is 1. The van der Waals surface area contributed by atoms with Crippen molar-refractivity contribution < 1.29 is 4.79 Å². The number of thioether (sulfide) groups is 1. The minimum Gasteiger partial charge on any atom is -0.350 e. The lowest BCUT2D eigenvalue weighted by Crippen LogP contribution is -2.20. The molecule has 1 aromatic carbocycles. The zero-order chi connectivity index (χ0) is 21.7. The lowest BCUT2D eigenvalue weighted by molar-refractivity contribution is -0.118. The monoisotopic (exact) mass is 424 g/mol. The van der Waals surface area contributed by atoms with Crippen LogP contribution in [0.15, 0.2) is 52.9 Å². The standard InChI is InChI=1S/C22H28N6OS/c1-6-28-20(16-9-11-17(12-10-16)22(2,3)4)25-26-21(28)30-15-19(29)24-23-14-18-8-7-13-27(18)5/h7-14H,6,15H2,1-5H3,(H,24,29)/b23-14+. The first-order chi connectivity index (χ1) is 14.3. The highest BCUT2D eigenvalue weighted by Gasteiger charge is 2.17. The maximum Gasteiger partial charge on any atom is 0.250 e. The van der Waals surface area contributed by atoms with E-state index >= 15 is 0 Å². The Morgan fingerprint density at radius 1 is 1.20 bits per heavy atom. The molecule has 0 fully saturated rings. The fourth-order valence-electron chi connectivity index (χ4n) is 2.95. The number of carbonyl (C=O) groups excluding carboxylic acids is 1. The number of nitrogens with zero attached hydrogens (tertiary/aromatic N) is 5. The molecule has 0 spiro atoms. The minimum absolute atomic E-state index is 0.105. The van der Waals surface area contributed by atoms with Gasteiger partial charge in [0.05, 0.1) is 17.7 Å². The molecular weight excluding hydrogens is 396 g/mol. The summed E-state index contributed by atoms with van der Waals surface area (Å²) in [6.45, 7) is 9.35. The van der Waals surface area contributed by atoms with Crippen molar-refractivity contribution in [3.05, 3.63) is 53.9 Å². The van der Waals surface area contributed by atoms with Crippen LogP contribution in [-0.2, 0) is 23.8 Å². The molecule has 0 aliphatic carbocycles. The first-order valence-corrected chi connectivity index (χ1v) is 10.9. The van der Waals surface area contributed by atoms with Crippen LogP contribution in [0.2, 0.25) is 0 Å². The zero-order valence-electron chi connectivity index (χ0n) is 18.1. The molecule has 8 heteroatoms. The summed E-state index contributed by atoms with van der Waals surface area (Å²) in [6, 6.07) is 12.3. The quantitative estimate of drug-likeness (QED) is 0.355. The van der Waals surface area contributed by atoms with Gasteiger partial charge >= 0.3 is 0 Å². The molecule has 1 amide bonds. The fraction of sp³-hybridized carbons (Fsp3) is 0.364. The summed E-state index contributed by atoms with van der Waals surface area (Å²) in [6.07, 6.45) is 3.54. The summed E-state index contributed by atoms with van der Waals surface area (Å²) < 4.78 is 3.95. The third-order valence-corrected chi connectivity index (χ3v) is 5.71. The van der Waals surface area contributed by atoms with Crippen molar-refractivity contribution in [1.82, 2.24) is 24.8 Å². The summed E-state index contributed by atoms with van der Waals surface area (Å²) in [4.78, 5) is 12.1. The van der Waals surface area contributed by atoms with Gasteiger partial charge in [0.2, 0.25) is 0 Å². The Labute approximate surface area is 181 Å². The van der Waals surface area contributed by atoms with Crippen LogP contribution >= 0.6 is 11.8 Å². The third-order valence-electron chi connectivity index (χ3n) is 4.74. The van der Waals surface area contributed by atoms with E-state index in [0.29, 0.717) is 5.16 Å². The molecule has 1 N–H and O–H groups in total. The van der Waals surface area contributed by atoms with Crippen LogP contribution in [-0.4, -0.2) is 37.2 Å². The first-order valence-electron chi connectivity index (χ1n) is 9.89. The van der Waals surface area contributed by atoms with E-state index in [1.54, 1.807) is 6.21 Å². The Bertz CT molecular complexity index is 1030. The molecule has 3 rings (SSSR count). The van der Waals surface area contributed by atoms with Gasteiger partial charge in [0.15, 0.2) is 11.0 Å². The number of aryl methyl sites for hydroxylation is 1. The normalized spacial score (nSPS) is 11.9. The molecule has 2 aromatic heterocycles. The number of benzene rings is 1. The first kappa shape index (κ1) is 21.8. The molecule has 158 valence electrons. The van der Waals surface area contributed by atoms with Gasteiger partial charge in [-0.25, -0.2) is 5.43 Å². The van der Waals surface area contributed by atoms with Crippen molar-refractivity contribution in [3.63, 3.8) is 0 Å². The van der Waals surface area contributed by atoms with Crippen LogP contribution in [0.3, 0.4) is 0 Å². The van der Waals surface area contributed by atoms with Crippen LogP contribution in [0.25, 0.3) is 11.4 Å². The maximum atomic E-state index is 12.1. The largest absolute Gasteiger partial charge is 0.350 e. The van der Waals surface area contributed by atoms with E-state index in [9.17, 15) is 4.79 Å². The van der Waals surface area contributed by atoms with Crippen molar-refractivity contribution >= 4 is 23.9 Å². The van der Waals surface area contributed by atoms with Crippen molar-refractivity contribution in [3.8, 4) is 11.4 Å². The minimum atomic E-state index is -0.188. The van der Waals surface area contributed by atoms with Gasteiger partial charge in [-0.15, -0.1) is 10.2 Å². The second-order valence-corrected chi connectivity index (χ2v) is 8.95. The molecular formula is C22H28N6OS. The van der Waals surface area contributed by atoms with Crippen molar-refractivity contribution in [1.29, 1.82) is 0 Å². The summed E-state index contributed by atoms with van der Waals surface area (Å²) in [5.74, 6) is 0.834. The second kappa shape index (κ2) is 9.30. The number of carbonyl (C=O) groups is 1. The lowest BCUT2D eigenvalue weighted by atomic mass is 9.87. The summed E-state index contributed by atoms with van der Waals surface area (Å²) >= 11 is 1.35. The van der Waals surface area contributed by atoms with Crippen molar-refractivity contribution in [2.45, 2.75) is 44.8 Å². The maximum absolute atomic E-state index is 12.1.